The Morgan fingerprint density at radius 3 is 2.68 bits per heavy atom. The normalized spacial score (nSPS) is 19.4. The van der Waals surface area contributed by atoms with Crippen LogP contribution < -0.4 is 5.32 Å². The molecule has 1 aliphatic heterocycles. The standard InChI is InChI=1S/C12H12F3NO3/c13-12(14,15)10-2-1-7(5-9(10)11(17)18)16-8-3-4-19-6-8/h1-2,5,8,16H,3-4,6H2,(H,17,18). The first-order valence-corrected chi connectivity index (χ1v) is 5.67. The van der Waals surface area contributed by atoms with Crippen LogP contribution in [0.4, 0.5) is 18.9 Å². The lowest BCUT2D eigenvalue weighted by molar-refractivity contribution is -0.138. The number of halogens is 3. The summed E-state index contributed by atoms with van der Waals surface area (Å²) >= 11 is 0. The van der Waals surface area contributed by atoms with Crippen molar-refractivity contribution in [3.8, 4) is 0 Å². The number of hydrogen-bond donors (Lipinski definition) is 2. The molecule has 1 aromatic carbocycles. The number of rotatable bonds is 3. The topological polar surface area (TPSA) is 58.6 Å². The van der Waals surface area contributed by atoms with Crippen molar-refractivity contribution in [3.05, 3.63) is 29.3 Å². The lowest BCUT2D eigenvalue weighted by Crippen LogP contribution is -2.20. The number of benzene rings is 1. The molecule has 1 unspecified atom stereocenters. The predicted octanol–water partition coefficient (Wildman–Crippen LogP) is 2.60. The van der Waals surface area contributed by atoms with E-state index < -0.39 is 23.3 Å². The van der Waals surface area contributed by atoms with Crippen LogP contribution in [0.3, 0.4) is 0 Å². The van der Waals surface area contributed by atoms with Gasteiger partial charge in [-0.1, -0.05) is 0 Å². The Hall–Kier alpha value is -1.76. The van der Waals surface area contributed by atoms with E-state index in [0.29, 0.717) is 18.9 Å². The molecule has 0 aromatic heterocycles. The van der Waals surface area contributed by atoms with E-state index in [-0.39, 0.29) is 6.04 Å². The molecule has 0 radical (unpaired) electrons. The second-order valence-electron chi connectivity index (χ2n) is 4.27. The largest absolute Gasteiger partial charge is 0.478 e. The van der Waals surface area contributed by atoms with E-state index >= 15 is 0 Å². The van der Waals surface area contributed by atoms with Gasteiger partial charge in [0.1, 0.15) is 0 Å². The van der Waals surface area contributed by atoms with Crippen LogP contribution in [0.5, 0.6) is 0 Å². The first-order valence-electron chi connectivity index (χ1n) is 5.67. The fraction of sp³-hybridized carbons (Fsp3) is 0.417. The summed E-state index contributed by atoms with van der Waals surface area (Å²) in [6.45, 7) is 1.05. The molecule has 4 nitrogen and oxygen atoms in total. The van der Waals surface area contributed by atoms with Crippen LogP contribution in [-0.2, 0) is 10.9 Å². The van der Waals surface area contributed by atoms with Gasteiger partial charge in [-0.15, -0.1) is 0 Å². The van der Waals surface area contributed by atoms with E-state index in [1.165, 1.54) is 6.07 Å². The van der Waals surface area contributed by atoms with Crippen LogP contribution in [-0.4, -0.2) is 30.3 Å². The summed E-state index contributed by atoms with van der Waals surface area (Å²) < 4.78 is 43.1. The van der Waals surface area contributed by atoms with Crippen LogP contribution in [0.25, 0.3) is 0 Å². The number of nitrogens with one attached hydrogen (secondary N) is 1. The quantitative estimate of drug-likeness (QED) is 0.890. The summed E-state index contributed by atoms with van der Waals surface area (Å²) in [5.74, 6) is -1.60. The predicted molar refractivity (Wildman–Crippen MR) is 61.3 cm³/mol. The maximum absolute atomic E-state index is 12.6. The van der Waals surface area contributed by atoms with Gasteiger partial charge >= 0.3 is 12.1 Å². The molecule has 0 bridgehead atoms. The highest BCUT2D eigenvalue weighted by Gasteiger charge is 2.35. The SMILES string of the molecule is O=C(O)c1cc(NC2CCOC2)ccc1C(F)(F)F. The number of carboxylic acid groups (broad SMARTS) is 1. The van der Waals surface area contributed by atoms with Gasteiger partial charge in [0.05, 0.1) is 23.8 Å². The van der Waals surface area contributed by atoms with Gasteiger partial charge in [0.15, 0.2) is 0 Å². The molecule has 0 spiro atoms. The van der Waals surface area contributed by atoms with E-state index in [1.807, 2.05) is 0 Å². The van der Waals surface area contributed by atoms with E-state index in [2.05, 4.69) is 5.32 Å². The highest BCUT2D eigenvalue weighted by molar-refractivity contribution is 5.91. The Kier molecular flexibility index (Phi) is 3.66. The van der Waals surface area contributed by atoms with Gasteiger partial charge in [-0.05, 0) is 24.6 Å². The molecule has 0 aliphatic carbocycles. The van der Waals surface area contributed by atoms with Gasteiger partial charge in [-0.2, -0.15) is 13.2 Å². The Bertz CT molecular complexity index is 482. The number of alkyl halides is 3. The fourth-order valence-electron chi connectivity index (χ4n) is 1.94. The first-order chi connectivity index (χ1) is 8.88. The van der Waals surface area contributed by atoms with Crippen molar-refractivity contribution in [1.82, 2.24) is 0 Å². The summed E-state index contributed by atoms with van der Waals surface area (Å²) in [6, 6.07) is 3.01. The number of anilines is 1. The number of carboxylic acids is 1. The van der Waals surface area contributed by atoms with Crippen molar-refractivity contribution in [1.29, 1.82) is 0 Å². The molecule has 1 heterocycles. The summed E-state index contributed by atoms with van der Waals surface area (Å²) in [4.78, 5) is 10.9. The Morgan fingerprint density at radius 2 is 2.16 bits per heavy atom. The maximum Gasteiger partial charge on any atom is 0.417 e. The van der Waals surface area contributed by atoms with Crippen molar-refractivity contribution >= 4 is 11.7 Å². The Morgan fingerprint density at radius 1 is 1.42 bits per heavy atom. The van der Waals surface area contributed by atoms with Gasteiger partial charge < -0.3 is 15.2 Å². The van der Waals surface area contributed by atoms with Crippen LogP contribution in [0.2, 0.25) is 0 Å². The van der Waals surface area contributed by atoms with Gasteiger partial charge in [0, 0.05) is 12.3 Å². The van der Waals surface area contributed by atoms with Gasteiger partial charge in [0.2, 0.25) is 0 Å². The lowest BCUT2D eigenvalue weighted by atomic mass is 10.1. The average molecular weight is 275 g/mol. The second-order valence-corrected chi connectivity index (χ2v) is 4.27. The zero-order chi connectivity index (χ0) is 14.0. The van der Waals surface area contributed by atoms with Crippen LogP contribution in [0.15, 0.2) is 18.2 Å². The third kappa shape index (κ3) is 3.17. The highest BCUT2D eigenvalue weighted by Crippen LogP contribution is 2.33. The van der Waals surface area contributed by atoms with E-state index in [0.717, 1.165) is 18.6 Å². The van der Waals surface area contributed by atoms with E-state index in [1.54, 1.807) is 0 Å². The second kappa shape index (κ2) is 5.08. The smallest absolute Gasteiger partial charge is 0.417 e. The van der Waals surface area contributed by atoms with Crippen LogP contribution >= 0.6 is 0 Å². The third-order valence-electron chi connectivity index (χ3n) is 2.86. The molecule has 1 atom stereocenters. The molecule has 1 aromatic rings. The fourth-order valence-corrected chi connectivity index (χ4v) is 1.94. The summed E-state index contributed by atoms with van der Waals surface area (Å²) in [5.41, 5.74) is -1.55. The van der Waals surface area contributed by atoms with Crippen LogP contribution in [0, 0.1) is 0 Å². The minimum Gasteiger partial charge on any atom is -0.478 e. The molecule has 2 rings (SSSR count). The lowest BCUT2D eigenvalue weighted by Gasteiger charge is -2.15. The van der Waals surface area contributed by atoms with Crippen molar-refractivity contribution in [2.45, 2.75) is 18.6 Å². The third-order valence-corrected chi connectivity index (χ3v) is 2.86. The molecule has 1 aliphatic rings. The molecular formula is C12H12F3NO3. The minimum absolute atomic E-state index is 0.00150. The van der Waals surface area contributed by atoms with Gasteiger partial charge in [-0.25, -0.2) is 4.79 Å². The van der Waals surface area contributed by atoms with E-state index in [9.17, 15) is 18.0 Å². The number of aromatic carboxylic acids is 1. The summed E-state index contributed by atoms with van der Waals surface area (Å²) in [5, 5.41) is 11.8. The van der Waals surface area contributed by atoms with Crippen molar-refractivity contribution in [2.75, 3.05) is 18.5 Å². The van der Waals surface area contributed by atoms with Gasteiger partial charge in [-0.3, -0.25) is 0 Å². The number of hydrogen-bond acceptors (Lipinski definition) is 3. The zero-order valence-corrected chi connectivity index (χ0v) is 9.83. The summed E-state index contributed by atoms with van der Waals surface area (Å²) in [6.07, 6.45) is -3.94. The first kappa shape index (κ1) is 13.7. The van der Waals surface area contributed by atoms with Crippen molar-refractivity contribution in [2.24, 2.45) is 0 Å². The molecule has 1 saturated heterocycles. The average Bonchev–Trinajstić information content (AvgIpc) is 2.80. The van der Waals surface area contributed by atoms with Crippen molar-refractivity contribution < 1.29 is 27.8 Å². The van der Waals surface area contributed by atoms with E-state index in [4.69, 9.17) is 9.84 Å². The molecule has 7 heteroatoms. The molecule has 2 N–H and O–H groups in total. The summed E-state index contributed by atoms with van der Waals surface area (Å²) in [7, 11) is 0. The molecule has 0 saturated carbocycles. The molecular weight excluding hydrogens is 263 g/mol. The van der Waals surface area contributed by atoms with Crippen LogP contribution in [0.1, 0.15) is 22.3 Å². The Balaban J connectivity index is 2.28. The minimum atomic E-state index is -4.68. The number of ether oxygens (including phenoxy) is 1. The maximum atomic E-state index is 12.6. The molecule has 104 valence electrons. The highest BCUT2D eigenvalue weighted by atomic mass is 19.4. The molecule has 19 heavy (non-hydrogen) atoms. The molecule has 0 amide bonds. The Labute approximate surface area is 107 Å². The van der Waals surface area contributed by atoms with Gasteiger partial charge in [0.25, 0.3) is 0 Å². The van der Waals surface area contributed by atoms with Crippen molar-refractivity contribution in [3.63, 3.8) is 0 Å². The zero-order valence-electron chi connectivity index (χ0n) is 9.83. The monoisotopic (exact) mass is 275 g/mol. The number of carbonyl (C=O) groups is 1. The molecule has 1 fully saturated rings.